The van der Waals surface area contributed by atoms with Crippen molar-refractivity contribution in [3.8, 4) is 0 Å². The maximum Gasteiger partial charge on any atom is 0.412 e. The zero-order valence-corrected chi connectivity index (χ0v) is 14.5. The van der Waals surface area contributed by atoms with E-state index in [0.717, 1.165) is 5.56 Å². The molecule has 0 spiro atoms. The molecule has 0 saturated heterocycles. The van der Waals surface area contributed by atoms with Crippen LogP contribution in [0.4, 0.5) is 17.6 Å². The van der Waals surface area contributed by atoms with Crippen molar-refractivity contribution in [1.29, 1.82) is 0 Å². The molecule has 0 aliphatic carbocycles. The Kier molecular flexibility index (Phi) is 6.40. The van der Waals surface area contributed by atoms with E-state index in [4.69, 9.17) is 0 Å². The number of rotatable bonds is 2. The third-order valence-electron chi connectivity index (χ3n) is 3.16. The van der Waals surface area contributed by atoms with E-state index in [2.05, 4.69) is 20.9 Å². The third kappa shape index (κ3) is 4.21. The standard InChI is InChI=1S/C13H13BrF4N2.C2H6/c1-7(14)8-3-4-9(10(15)5-8)12-19-11(6-20(12)2)13(16,17)18;1-2/h3-5,7,11H,6H2,1-2H3;1-2H3. The number of halogens is 5. The Hall–Kier alpha value is -1.11. The molecule has 2 atom stereocenters. The van der Waals surface area contributed by atoms with Crippen molar-refractivity contribution >= 4 is 21.8 Å². The minimum absolute atomic E-state index is 0.0304. The molecule has 1 aliphatic rings. The maximum atomic E-state index is 14.0. The zero-order valence-electron chi connectivity index (χ0n) is 12.9. The van der Waals surface area contributed by atoms with E-state index < -0.39 is 18.0 Å². The van der Waals surface area contributed by atoms with Gasteiger partial charge in [-0.3, -0.25) is 4.99 Å². The predicted molar refractivity (Wildman–Crippen MR) is 84.1 cm³/mol. The summed E-state index contributed by atoms with van der Waals surface area (Å²) in [4.78, 5) is 4.91. The van der Waals surface area contributed by atoms with Crippen LogP contribution in [0.1, 0.15) is 36.7 Å². The first-order valence-electron chi connectivity index (χ1n) is 6.99. The molecule has 1 aromatic rings. The number of likely N-dealkylation sites (N-methyl/N-ethyl adjacent to an activating group) is 1. The second-order valence-corrected chi connectivity index (χ2v) is 6.12. The van der Waals surface area contributed by atoms with Gasteiger partial charge in [0.2, 0.25) is 0 Å². The van der Waals surface area contributed by atoms with Crippen LogP contribution in [-0.2, 0) is 0 Å². The van der Waals surface area contributed by atoms with Crippen LogP contribution in [0, 0.1) is 5.82 Å². The van der Waals surface area contributed by atoms with Gasteiger partial charge in [0.05, 0.1) is 12.1 Å². The van der Waals surface area contributed by atoms with Crippen molar-refractivity contribution in [2.24, 2.45) is 4.99 Å². The Morgan fingerprint density at radius 3 is 2.32 bits per heavy atom. The van der Waals surface area contributed by atoms with Gasteiger partial charge in [-0.25, -0.2) is 4.39 Å². The fourth-order valence-corrected chi connectivity index (χ4v) is 2.33. The lowest BCUT2D eigenvalue weighted by atomic mass is 10.1. The first-order valence-corrected chi connectivity index (χ1v) is 7.91. The molecule has 1 heterocycles. The highest BCUT2D eigenvalue weighted by atomic mass is 79.9. The fourth-order valence-electron chi connectivity index (χ4n) is 2.04. The van der Waals surface area contributed by atoms with Gasteiger partial charge in [0.25, 0.3) is 0 Å². The van der Waals surface area contributed by atoms with Gasteiger partial charge in [-0.2, -0.15) is 13.2 Å². The third-order valence-corrected chi connectivity index (χ3v) is 3.69. The number of benzene rings is 1. The van der Waals surface area contributed by atoms with Crippen molar-refractivity contribution in [2.75, 3.05) is 13.6 Å². The summed E-state index contributed by atoms with van der Waals surface area (Å²) in [6.45, 7) is 5.56. The molecule has 0 amide bonds. The molecule has 2 rings (SSSR count). The highest BCUT2D eigenvalue weighted by Gasteiger charge is 2.44. The molecule has 124 valence electrons. The number of alkyl halides is 4. The number of nitrogens with zero attached hydrogens (tertiary/aromatic N) is 2. The van der Waals surface area contributed by atoms with E-state index in [1.807, 2.05) is 20.8 Å². The van der Waals surface area contributed by atoms with Crippen LogP contribution < -0.4 is 0 Å². The van der Waals surface area contributed by atoms with Crippen LogP contribution in [0.15, 0.2) is 23.2 Å². The molecule has 0 fully saturated rings. The normalized spacial score (nSPS) is 19.4. The summed E-state index contributed by atoms with van der Waals surface area (Å²) in [5, 5.41) is 0. The van der Waals surface area contributed by atoms with Crippen LogP contribution in [-0.4, -0.2) is 36.5 Å². The average molecular weight is 383 g/mol. The molecule has 1 aliphatic heterocycles. The monoisotopic (exact) mass is 382 g/mol. The van der Waals surface area contributed by atoms with E-state index in [9.17, 15) is 17.6 Å². The number of aliphatic imine (C=N–C) groups is 1. The molecular weight excluding hydrogens is 364 g/mol. The second kappa shape index (κ2) is 7.44. The van der Waals surface area contributed by atoms with Crippen molar-refractivity contribution in [2.45, 2.75) is 37.8 Å². The maximum absolute atomic E-state index is 14.0. The van der Waals surface area contributed by atoms with Crippen LogP contribution in [0.25, 0.3) is 0 Å². The lowest BCUT2D eigenvalue weighted by molar-refractivity contribution is -0.145. The molecule has 2 unspecified atom stereocenters. The SMILES string of the molecule is CC.CC(Br)c1ccc(C2=NC(C(F)(F)F)CN2C)c(F)c1. The summed E-state index contributed by atoms with van der Waals surface area (Å²) < 4.78 is 52.0. The Bertz CT molecular complexity index is 541. The molecule has 2 nitrogen and oxygen atoms in total. The quantitative estimate of drug-likeness (QED) is 0.522. The van der Waals surface area contributed by atoms with Gasteiger partial charge in [0.1, 0.15) is 11.7 Å². The zero-order chi connectivity index (χ0) is 17.1. The highest BCUT2D eigenvalue weighted by Crippen LogP contribution is 2.30. The summed E-state index contributed by atoms with van der Waals surface area (Å²) in [7, 11) is 1.48. The Morgan fingerprint density at radius 1 is 1.32 bits per heavy atom. The molecule has 7 heteroatoms. The number of hydrogen-bond donors (Lipinski definition) is 0. The smallest absolute Gasteiger partial charge is 0.357 e. The van der Waals surface area contributed by atoms with Gasteiger partial charge in [0, 0.05) is 11.9 Å². The van der Waals surface area contributed by atoms with E-state index in [1.54, 1.807) is 6.07 Å². The van der Waals surface area contributed by atoms with Gasteiger partial charge >= 0.3 is 6.18 Å². The van der Waals surface area contributed by atoms with E-state index >= 15 is 0 Å². The highest BCUT2D eigenvalue weighted by molar-refractivity contribution is 9.09. The summed E-state index contributed by atoms with van der Waals surface area (Å²) in [5.41, 5.74) is 0.816. The molecule has 0 bridgehead atoms. The lowest BCUT2D eigenvalue weighted by Crippen LogP contribution is -2.33. The molecular formula is C15H19BrF4N2. The van der Waals surface area contributed by atoms with E-state index in [0.29, 0.717) is 0 Å². The van der Waals surface area contributed by atoms with E-state index in [-0.39, 0.29) is 22.8 Å². The minimum atomic E-state index is -4.41. The minimum Gasteiger partial charge on any atom is -0.357 e. The molecule has 0 aromatic heterocycles. The fraction of sp³-hybridized carbons (Fsp3) is 0.533. The van der Waals surface area contributed by atoms with Gasteiger partial charge in [-0.1, -0.05) is 35.8 Å². The van der Waals surface area contributed by atoms with Crippen molar-refractivity contribution in [3.63, 3.8) is 0 Å². The summed E-state index contributed by atoms with van der Waals surface area (Å²) >= 11 is 3.32. The van der Waals surface area contributed by atoms with Crippen molar-refractivity contribution in [3.05, 3.63) is 35.1 Å². The summed E-state index contributed by atoms with van der Waals surface area (Å²) in [6, 6.07) is 2.66. The first kappa shape index (κ1) is 18.9. The molecule has 22 heavy (non-hydrogen) atoms. The van der Waals surface area contributed by atoms with Crippen LogP contribution in [0.2, 0.25) is 0 Å². The lowest BCUT2D eigenvalue weighted by Gasteiger charge is -2.16. The van der Waals surface area contributed by atoms with Gasteiger partial charge in [0.15, 0.2) is 6.04 Å². The van der Waals surface area contributed by atoms with Gasteiger partial charge in [-0.15, -0.1) is 0 Å². The topological polar surface area (TPSA) is 15.6 Å². The Morgan fingerprint density at radius 2 is 1.91 bits per heavy atom. The summed E-state index contributed by atoms with van der Waals surface area (Å²) in [6.07, 6.45) is -4.41. The average Bonchev–Trinajstić information content (AvgIpc) is 2.83. The Balaban J connectivity index is 0.00000116. The number of hydrogen-bond acceptors (Lipinski definition) is 2. The van der Waals surface area contributed by atoms with Crippen LogP contribution >= 0.6 is 15.9 Å². The van der Waals surface area contributed by atoms with Gasteiger partial charge < -0.3 is 4.90 Å². The predicted octanol–water partition coefficient (Wildman–Crippen LogP) is 4.93. The molecule has 0 radical (unpaired) electrons. The van der Waals surface area contributed by atoms with Crippen molar-refractivity contribution < 1.29 is 17.6 Å². The largest absolute Gasteiger partial charge is 0.412 e. The summed E-state index contributed by atoms with van der Waals surface area (Å²) in [5.74, 6) is -0.527. The number of amidine groups is 1. The first-order chi connectivity index (χ1) is 10.2. The molecule has 0 N–H and O–H groups in total. The second-order valence-electron chi connectivity index (χ2n) is 4.75. The van der Waals surface area contributed by atoms with Crippen LogP contribution in [0.3, 0.4) is 0 Å². The van der Waals surface area contributed by atoms with Crippen molar-refractivity contribution in [1.82, 2.24) is 4.90 Å². The molecule has 0 saturated carbocycles. The van der Waals surface area contributed by atoms with Gasteiger partial charge in [-0.05, 0) is 24.6 Å². The molecule has 1 aromatic carbocycles. The Labute approximate surface area is 136 Å². The van der Waals surface area contributed by atoms with E-state index in [1.165, 1.54) is 24.1 Å². The van der Waals surface area contributed by atoms with Crippen LogP contribution in [0.5, 0.6) is 0 Å².